The molecule has 1 aromatic rings. The highest BCUT2D eigenvalue weighted by Gasteiger charge is 2.43. The molecular weight excluding hydrogens is 212 g/mol. The summed E-state index contributed by atoms with van der Waals surface area (Å²) in [5.74, 6) is 0.0558. The number of carbonyl (C=O) groups excluding carboxylic acids is 1. The predicted molar refractivity (Wildman–Crippen MR) is 69.0 cm³/mol. The van der Waals surface area contributed by atoms with Gasteiger partial charge in [0.2, 0.25) is 0 Å². The van der Waals surface area contributed by atoms with E-state index in [0.29, 0.717) is 5.41 Å². The van der Waals surface area contributed by atoms with Crippen LogP contribution in [-0.4, -0.2) is 31.4 Å². The first kappa shape index (κ1) is 12.1. The number of nitrogens with zero attached hydrogens (tertiary/aromatic N) is 1. The number of nitrogens with two attached hydrogens (primary N) is 1. The summed E-state index contributed by atoms with van der Waals surface area (Å²) < 4.78 is 0. The molecule has 3 nitrogen and oxygen atoms in total. The number of benzene rings is 1. The van der Waals surface area contributed by atoms with Crippen molar-refractivity contribution in [1.29, 1.82) is 0 Å². The van der Waals surface area contributed by atoms with Gasteiger partial charge in [0.15, 0.2) is 0 Å². The van der Waals surface area contributed by atoms with Gasteiger partial charge >= 0.3 is 0 Å². The Morgan fingerprint density at radius 2 is 1.88 bits per heavy atom. The average molecular weight is 232 g/mol. The molecule has 0 spiro atoms. The second kappa shape index (κ2) is 4.49. The van der Waals surface area contributed by atoms with Crippen molar-refractivity contribution in [2.75, 3.05) is 20.6 Å². The summed E-state index contributed by atoms with van der Waals surface area (Å²) in [7, 11) is 3.54. The van der Waals surface area contributed by atoms with Gasteiger partial charge in [-0.2, -0.15) is 0 Å². The molecule has 1 aliphatic carbocycles. The molecule has 0 heterocycles. The Labute approximate surface area is 103 Å². The molecule has 0 saturated heterocycles. The zero-order valence-corrected chi connectivity index (χ0v) is 10.6. The van der Waals surface area contributed by atoms with Gasteiger partial charge in [0.05, 0.1) is 0 Å². The van der Waals surface area contributed by atoms with Crippen LogP contribution in [0.5, 0.6) is 0 Å². The van der Waals surface area contributed by atoms with Gasteiger partial charge in [0.1, 0.15) is 0 Å². The Morgan fingerprint density at radius 1 is 1.29 bits per heavy atom. The second-order valence-corrected chi connectivity index (χ2v) is 5.10. The summed E-state index contributed by atoms with van der Waals surface area (Å²) in [6.45, 7) is 0.735. The van der Waals surface area contributed by atoms with Gasteiger partial charge in [-0.3, -0.25) is 4.79 Å². The van der Waals surface area contributed by atoms with Crippen LogP contribution in [0.25, 0.3) is 0 Å². The Bertz CT molecular complexity index is 405. The molecule has 1 fully saturated rings. The van der Waals surface area contributed by atoms with Gasteiger partial charge < -0.3 is 10.6 Å². The van der Waals surface area contributed by atoms with Crippen LogP contribution >= 0.6 is 0 Å². The third-order valence-corrected chi connectivity index (χ3v) is 3.63. The molecule has 1 amide bonds. The van der Waals surface area contributed by atoms with Crippen LogP contribution in [0.3, 0.4) is 0 Å². The van der Waals surface area contributed by atoms with Gasteiger partial charge in [0.25, 0.3) is 5.91 Å². The summed E-state index contributed by atoms with van der Waals surface area (Å²) in [4.78, 5) is 13.4. The van der Waals surface area contributed by atoms with Crippen LogP contribution in [0.1, 0.15) is 35.2 Å². The van der Waals surface area contributed by atoms with Gasteiger partial charge in [-0.05, 0) is 48.9 Å². The Balaban J connectivity index is 2.16. The molecule has 0 bridgehead atoms. The van der Waals surface area contributed by atoms with E-state index in [0.717, 1.165) is 18.5 Å². The summed E-state index contributed by atoms with van der Waals surface area (Å²) in [5.41, 5.74) is 8.05. The third-order valence-electron chi connectivity index (χ3n) is 3.63. The molecule has 92 valence electrons. The van der Waals surface area contributed by atoms with E-state index in [2.05, 4.69) is 12.1 Å². The van der Waals surface area contributed by atoms with Crippen molar-refractivity contribution < 1.29 is 4.79 Å². The van der Waals surface area contributed by atoms with Crippen molar-refractivity contribution in [1.82, 2.24) is 4.90 Å². The van der Waals surface area contributed by atoms with Crippen molar-refractivity contribution in [2.24, 2.45) is 5.73 Å². The van der Waals surface area contributed by atoms with Crippen molar-refractivity contribution in [2.45, 2.75) is 24.7 Å². The van der Waals surface area contributed by atoms with E-state index >= 15 is 0 Å². The van der Waals surface area contributed by atoms with E-state index in [1.165, 1.54) is 18.4 Å². The van der Waals surface area contributed by atoms with E-state index in [4.69, 9.17) is 5.73 Å². The monoisotopic (exact) mass is 232 g/mol. The fourth-order valence-corrected chi connectivity index (χ4v) is 2.33. The lowest BCUT2D eigenvalue weighted by atomic mass is 9.92. The molecule has 1 aliphatic rings. The first-order valence-corrected chi connectivity index (χ1v) is 6.11. The molecule has 3 heteroatoms. The largest absolute Gasteiger partial charge is 0.345 e. The van der Waals surface area contributed by atoms with Crippen LogP contribution in [0.2, 0.25) is 0 Å². The molecular formula is C14H20N2O. The SMILES string of the molecule is CN(C)C(=O)c1ccc(C2(CCN)CC2)cc1. The summed E-state index contributed by atoms with van der Waals surface area (Å²) in [6, 6.07) is 8.02. The number of carbonyl (C=O) groups is 1. The van der Waals surface area contributed by atoms with Crippen molar-refractivity contribution in [3.05, 3.63) is 35.4 Å². The van der Waals surface area contributed by atoms with Crippen molar-refractivity contribution >= 4 is 5.91 Å². The van der Waals surface area contributed by atoms with Crippen LogP contribution in [0.15, 0.2) is 24.3 Å². The lowest BCUT2D eigenvalue weighted by molar-refractivity contribution is 0.0827. The first-order chi connectivity index (χ1) is 8.09. The molecule has 0 aromatic heterocycles. The molecule has 17 heavy (non-hydrogen) atoms. The summed E-state index contributed by atoms with van der Waals surface area (Å²) in [5, 5.41) is 0. The smallest absolute Gasteiger partial charge is 0.253 e. The highest BCUT2D eigenvalue weighted by molar-refractivity contribution is 5.93. The second-order valence-electron chi connectivity index (χ2n) is 5.10. The highest BCUT2D eigenvalue weighted by atomic mass is 16.2. The maximum Gasteiger partial charge on any atom is 0.253 e. The number of hydrogen-bond acceptors (Lipinski definition) is 2. The maximum atomic E-state index is 11.8. The number of hydrogen-bond donors (Lipinski definition) is 1. The zero-order chi connectivity index (χ0) is 12.5. The molecule has 0 radical (unpaired) electrons. The maximum absolute atomic E-state index is 11.8. The minimum atomic E-state index is 0.0558. The van der Waals surface area contributed by atoms with Crippen LogP contribution < -0.4 is 5.73 Å². The van der Waals surface area contributed by atoms with Crippen molar-refractivity contribution in [3.8, 4) is 0 Å². The fourth-order valence-electron chi connectivity index (χ4n) is 2.33. The van der Waals surface area contributed by atoms with E-state index < -0.39 is 0 Å². The van der Waals surface area contributed by atoms with Gasteiger partial charge in [-0.25, -0.2) is 0 Å². The third kappa shape index (κ3) is 2.34. The van der Waals surface area contributed by atoms with E-state index in [-0.39, 0.29) is 5.91 Å². The Hall–Kier alpha value is -1.35. The molecule has 0 aliphatic heterocycles. The molecule has 0 unspecified atom stereocenters. The normalized spacial score (nSPS) is 16.6. The number of amides is 1. The number of rotatable bonds is 4. The predicted octanol–water partition coefficient (Wildman–Crippen LogP) is 1.77. The summed E-state index contributed by atoms with van der Waals surface area (Å²) >= 11 is 0. The average Bonchev–Trinajstić information content (AvgIpc) is 3.10. The zero-order valence-electron chi connectivity index (χ0n) is 10.6. The van der Waals surface area contributed by atoms with Crippen molar-refractivity contribution in [3.63, 3.8) is 0 Å². The first-order valence-electron chi connectivity index (χ1n) is 6.11. The van der Waals surface area contributed by atoms with Gasteiger partial charge in [-0.15, -0.1) is 0 Å². The van der Waals surface area contributed by atoms with E-state index in [1.807, 2.05) is 12.1 Å². The van der Waals surface area contributed by atoms with Crippen LogP contribution in [-0.2, 0) is 5.41 Å². The minimum Gasteiger partial charge on any atom is -0.345 e. The van der Waals surface area contributed by atoms with Crippen LogP contribution in [0.4, 0.5) is 0 Å². The molecule has 2 rings (SSSR count). The Morgan fingerprint density at radius 3 is 2.29 bits per heavy atom. The van der Waals surface area contributed by atoms with Crippen LogP contribution in [0, 0.1) is 0 Å². The molecule has 1 aromatic carbocycles. The molecule has 2 N–H and O–H groups in total. The molecule has 0 atom stereocenters. The topological polar surface area (TPSA) is 46.3 Å². The van der Waals surface area contributed by atoms with E-state index in [1.54, 1.807) is 19.0 Å². The molecule has 1 saturated carbocycles. The summed E-state index contributed by atoms with van der Waals surface area (Å²) in [6.07, 6.45) is 3.50. The standard InChI is InChI=1S/C14H20N2O/c1-16(2)13(17)11-3-5-12(6-4-11)14(7-8-14)9-10-15/h3-6H,7-10,15H2,1-2H3. The fraction of sp³-hybridized carbons (Fsp3) is 0.500. The lowest BCUT2D eigenvalue weighted by Crippen LogP contribution is -2.21. The van der Waals surface area contributed by atoms with Gasteiger partial charge in [-0.1, -0.05) is 12.1 Å². The Kier molecular flexibility index (Phi) is 3.20. The minimum absolute atomic E-state index is 0.0558. The quantitative estimate of drug-likeness (QED) is 0.860. The van der Waals surface area contributed by atoms with E-state index in [9.17, 15) is 4.79 Å². The van der Waals surface area contributed by atoms with Gasteiger partial charge in [0, 0.05) is 19.7 Å². The lowest BCUT2D eigenvalue weighted by Gasteiger charge is -2.15. The highest BCUT2D eigenvalue weighted by Crippen LogP contribution is 2.50.